The summed E-state index contributed by atoms with van der Waals surface area (Å²) in [6.07, 6.45) is -2.37. The lowest BCUT2D eigenvalue weighted by molar-refractivity contribution is -0.115. The zero-order chi connectivity index (χ0) is 24.4. The Kier molecular flexibility index (Phi) is 6.55. The van der Waals surface area contributed by atoms with Crippen molar-refractivity contribution in [2.24, 2.45) is 0 Å². The zero-order valence-corrected chi connectivity index (χ0v) is 17.6. The van der Waals surface area contributed by atoms with Crippen LogP contribution in [0.4, 0.5) is 23.2 Å². The van der Waals surface area contributed by atoms with Gasteiger partial charge in [0.25, 0.3) is 5.91 Å². The number of nitriles is 1. The molecule has 3 aromatic heterocycles. The van der Waals surface area contributed by atoms with Crippen molar-refractivity contribution in [3.8, 4) is 11.9 Å². The van der Waals surface area contributed by atoms with Crippen molar-refractivity contribution in [3.05, 3.63) is 47.9 Å². The van der Waals surface area contributed by atoms with Gasteiger partial charge in [0.15, 0.2) is 0 Å². The number of fused-ring (bicyclic) bond motifs is 1. The van der Waals surface area contributed by atoms with Gasteiger partial charge in [-0.1, -0.05) is 0 Å². The van der Waals surface area contributed by atoms with Gasteiger partial charge in [0.05, 0.1) is 29.0 Å². The van der Waals surface area contributed by atoms with Gasteiger partial charge in [-0.25, -0.2) is 14.4 Å². The van der Waals surface area contributed by atoms with E-state index in [0.717, 1.165) is 6.20 Å². The van der Waals surface area contributed by atoms with E-state index >= 15 is 0 Å². The van der Waals surface area contributed by atoms with Crippen LogP contribution in [0.2, 0.25) is 0 Å². The lowest BCUT2D eigenvalue weighted by Gasteiger charge is -2.22. The Balaban J connectivity index is 1.95. The number of hydrogen-bond acceptors (Lipinski definition) is 6. The van der Waals surface area contributed by atoms with E-state index in [0.29, 0.717) is 16.6 Å². The minimum Gasteiger partial charge on any atom is -0.387 e. The molecule has 0 aliphatic carbocycles. The van der Waals surface area contributed by atoms with Crippen LogP contribution in [0.5, 0.6) is 0 Å². The lowest BCUT2D eigenvalue weighted by Crippen LogP contribution is -2.42. The third-order valence-corrected chi connectivity index (χ3v) is 4.72. The maximum Gasteiger partial charge on any atom is 0.405 e. The highest BCUT2D eigenvalue weighted by Gasteiger charge is 2.29. The summed E-state index contributed by atoms with van der Waals surface area (Å²) in [5.74, 6) is -0.692. The van der Waals surface area contributed by atoms with Gasteiger partial charge in [0.2, 0.25) is 0 Å². The number of halogens is 4. The fraction of sp³-hybridized carbons (Fsp3) is 0.333. The average molecular weight is 464 g/mol. The van der Waals surface area contributed by atoms with Crippen LogP contribution in [0.3, 0.4) is 0 Å². The molecular formula is C21H20F4N6O2. The Hall–Kier alpha value is -3.72. The molecule has 12 heteroatoms. The zero-order valence-electron chi connectivity index (χ0n) is 17.6. The van der Waals surface area contributed by atoms with Crippen molar-refractivity contribution in [2.75, 3.05) is 18.4 Å². The summed E-state index contributed by atoms with van der Waals surface area (Å²) >= 11 is 0. The van der Waals surface area contributed by atoms with Gasteiger partial charge in [-0.05, 0) is 26.0 Å². The lowest BCUT2D eigenvalue weighted by atomic mass is 10.0. The van der Waals surface area contributed by atoms with Crippen LogP contribution in [0, 0.1) is 11.3 Å². The Morgan fingerprint density at radius 2 is 2.00 bits per heavy atom. The minimum absolute atomic E-state index is 0.170. The largest absolute Gasteiger partial charge is 0.405 e. The number of carbonyl (C=O) groups excluding carboxylic acids is 1. The first kappa shape index (κ1) is 23.9. The predicted molar refractivity (Wildman–Crippen MR) is 112 cm³/mol. The number of alkyl halides is 4. The average Bonchev–Trinajstić information content (AvgIpc) is 3.17. The predicted octanol–water partition coefficient (Wildman–Crippen LogP) is 3.11. The molecule has 0 spiro atoms. The van der Waals surface area contributed by atoms with Crippen molar-refractivity contribution >= 4 is 22.6 Å². The molecule has 3 aromatic rings. The second kappa shape index (κ2) is 9.03. The van der Waals surface area contributed by atoms with Gasteiger partial charge >= 0.3 is 6.18 Å². The van der Waals surface area contributed by atoms with Gasteiger partial charge in [-0.15, -0.1) is 0 Å². The molecular weight excluding hydrogens is 444 g/mol. The number of nitrogens with one attached hydrogen (secondary N) is 2. The fourth-order valence-corrected chi connectivity index (χ4v) is 2.90. The van der Waals surface area contributed by atoms with Gasteiger partial charge in [0, 0.05) is 30.0 Å². The number of anilines is 1. The summed E-state index contributed by atoms with van der Waals surface area (Å²) < 4.78 is 53.9. The second-order valence-corrected chi connectivity index (χ2v) is 7.82. The molecule has 3 heterocycles. The molecule has 0 saturated heterocycles. The van der Waals surface area contributed by atoms with Crippen molar-refractivity contribution in [3.63, 3.8) is 0 Å². The van der Waals surface area contributed by atoms with Crippen molar-refractivity contribution in [1.82, 2.24) is 19.9 Å². The third kappa shape index (κ3) is 5.75. The molecule has 1 amide bonds. The molecule has 8 nitrogen and oxygen atoms in total. The third-order valence-electron chi connectivity index (χ3n) is 4.72. The number of amides is 1. The first-order chi connectivity index (χ1) is 15.4. The van der Waals surface area contributed by atoms with Crippen LogP contribution in [-0.2, 0) is 0 Å². The van der Waals surface area contributed by atoms with Gasteiger partial charge < -0.3 is 15.7 Å². The summed E-state index contributed by atoms with van der Waals surface area (Å²) in [7, 11) is 0. The summed E-state index contributed by atoms with van der Waals surface area (Å²) in [6.45, 7) is 0.496. The molecule has 0 fully saturated rings. The first-order valence-electron chi connectivity index (χ1n) is 9.72. The standard InChI is InChI=1S/C21H20F4N6O2/c1-20(2,33)16(22)10-29-19(32)14-9-27-17(6-15(14)30-11-21(23,24)25)31-4-3-13-5-12(7-26)8-28-18(13)31/h3-6,8-9,16,33H,10-11H2,1-2H3,(H,27,30)(H,29,32)/t16-/m1/s1. The molecule has 3 rings (SSSR count). The Morgan fingerprint density at radius 1 is 1.27 bits per heavy atom. The van der Waals surface area contributed by atoms with E-state index in [9.17, 15) is 27.5 Å². The van der Waals surface area contributed by atoms with Gasteiger partial charge in [0.1, 0.15) is 30.3 Å². The monoisotopic (exact) mass is 464 g/mol. The maximum absolute atomic E-state index is 14.0. The number of aliphatic hydroxyl groups is 1. The van der Waals surface area contributed by atoms with Gasteiger partial charge in [-0.2, -0.15) is 18.4 Å². The molecule has 0 aliphatic rings. The number of pyridine rings is 2. The highest BCUT2D eigenvalue weighted by molar-refractivity contribution is 5.99. The fourth-order valence-electron chi connectivity index (χ4n) is 2.90. The van der Waals surface area contributed by atoms with E-state index in [1.54, 1.807) is 18.3 Å². The van der Waals surface area contributed by atoms with E-state index in [-0.39, 0.29) is 17.1 Å². The second-order valence-electron chi connectivity index (χ2n) is 7.82. The molecule has 33 heavy (non-hydrogen) atoms. The molecule has 174 valence electrons. The van der Waals surface area contributed by atoms with E-state index in [4.69, 9.17) is 5.26 Å². The van der Waals surface area contributed by atoms with Crippen LogP contribution < -0.4 is 10.6 Å². The maximum atomic E-state index is 14.0. The van der Waals surface area contributed by atoms with Crippen LogP contribution >= 0.6 is 0 Å². The molecule has 1 atom stereocenters. The Bertz CT molecular complexity index is 1210. The summed E-state index contributed by atoms with van der Waals surface area (Å²) in [6, 6.07) is 6.46. The highest BCUT2D eigenvalue weighted by atomic mass is 19.4. The number of hydrogen-bond donors (Lipinski definition) is 3. The van der Waals surface area contributed by atoms with Crippen molar-refractivity contribution < 1.29 is 27.5 Å². The summed E-state index contributed by atoms with van der Waals surface area (Å²) in [4.78, 5) is 20.9. The molecule has 3 N–H and O–H groups in total. The smallest absolute Gasteiger partial charge is 0.387 e. The highest BCUT2D eigenvalue weighted by Crippen LogP contribution is 2.24. The van der Waals surface area contributed by atoms with E-state index < -0.39 is 36.9 Å². The number of aromatic nitrogens is 3. The SMILES string of the molecule is CC(C)(O)[C@H](F)CNC(=O)c1cnc(-n2ccc3cc(C#N)cnc32)cc1NCC(F)(F)F. The molecule has 0 unspecified atom stereocenters. The van der Waals surface area contributed by atoms with Crippen molar-refractivity contribution in [1.29, 1.82) is 5.26 Å². The normalized spacial score (nSPS) is 12.9. The Labute approximate surface area is 185 Å². The van der Waals surface area contributed by atoms with Crippen LogP contribution in [0.15, 0.2) is 36.8 Å². The van der Waals surface area contributed by atoms with E-state index in [2.05, 4.69) is 20.6 Å². The van der Waals surface area contributed by atoms with E-state index in [1.807, 2.05) is 6.07 Å². The van der Waals surface area contributed by atoms with E-state index in [1.165, 1.54) is 30.7 Å². The van der Waals surface area contributed by atoms with Crippen molar-refractivity contribution in [2.45, 2.75) is 31.8 Å². The first-order valence-corrected chi connectivity index (χ1v) is 9.72. The summed E-state index contributed by atoms with van der Waals surface area (Å²) in [5, 5.41) is 23.7. The van der Waals surface area contributed by atoms with Crippen LogP contribution in [0.1, 0.15) is 29.8 Å². The Morgan fingerprint density at radius 3 is 2.64 bits per heavy atom. The molecule has 0 bridgehead atoms. The molecule has 0 radical (unpaired) electrons. The van der Waals surface area contributed by atoms with Gasteiger partial charge in [-0.3, -0.25) is 9.36 Å². The number of carbonyl (C=O) groups is 1. The topological polar surface area (TPSA) is 116 Å². The minimum atomic E-state index is -4.56. The number of nitrogens with zero attached hydrogens (tertiary/aromatic N) is 4. The van der Waals surface area contributed by atoms with Crippen LogP contribution in [-0.4, -0.2) is 56.6 Å². The molecule has 0 aromatic carbocycles. The summed E-state index contributed by atoms with van der Waals surface area (Å²) in [5.41, 5.74) is -1.37. The number of rotatable bonds is 7. The van der Waals surface area contributed by atoms with Crippen LogP contribution in [0.25, 0.3) is 16.9 Å². The quantitative estimate of drug-likeness (QED) is 0.463. The molecule has 0 aliphatic heterocycles. The molecule has 0 saturated carbocycles.